The van der Waals surface area contributed by atoms with E-state index in [-0.39, 0.29) is 56.3 Å². The van der Waals surface area contributed by atoms with Gasteiger partial charge in [0, 0.05) is 51.1 Å². The predicted molar refractivity (Wildman–Crippen MR) is 124 cm³/mol. The Hall–Kier alpha value is -1.00. The molecule has 1 N–H and O–H groups in total. The number of carbonyl (C=O) groups excluding carboxylic acids is 1. The molecule has 6 nitrogen and oxygen atoms in total. The van der Waals surface area contributed by atoms with Crippen LogP contribution in [-0.2, 0) is 10.0 Å². The van der Waals surface area contributed by atoms with Crippen LogP contribution in [0.25, 0.3) is 0 Å². The van der Waals surface area contributed by atoms with Gasteiger partial charge in [0.05, 0.1) is 16.3 Å². The molecule has 0 bridgehead atoms. The standard InChI is InChI=1S/C21H30ClF2N3O3S.ClH/c1-2-15-31(29,30)27-13-11-26(12-14-27)20(7-9-21(23,24)10-8-20)16-25-19(28)17-5-3-4-6-18(17)22;/h3-6H,2,7-16H2,1H3,(H,25,28);1H. The van der Waals surface area contributed by atoms with Crippen molar-refractivity contribution in [1.29, 1.82) is 0 Å². The molecule has 32 heavy (non-hydrogen) atoms. The minimum Gasteiger partial charge on any atom is -0.350 e. The Balaban J connectivity index is 0.00000363. The molecule has 3 rings (SSSR count). The predicted octanol–water partition coefficient (Wildman–Crippen LogP) is 3.80. The molecule has 1 aliphatic heterocycles. The zero-order valence-electron chi connectivity index (χ0n) is 18.2. The van der Waals surface area contributed by atoms with Crippen molar-refractivity contribution < 1.29 is 22.0 Å². The number of nitrogens with zero attached hydrogens (tertiary/aromatic N) is 2. The smallest absolute Gasteiger partial charge is 0.252 e. The third-order valence-electron chi connectivity index (χ3n) is 6.37. The highest BCUT2D eigenvalue weighted by molar-refractivity contribution is 7.89. The Morgan fingerprint density at radius 2 is 1.69 bits per heavy atom. The van der Waals surface area contributed by atoms with E-state index >= 15 is 0 Å². The van der Waals surface area contributed by atoms with E-state index in [2.05, 4.69) is 10.2 Å². The first kappa shape index (κ1) is 27.2. The lowest BCUT2D eigenvalue weighted by Gasteiger charge is -2.50. The van der Waals surface area contributed by atoms with Crippen LogP contribution >= 0.6 is 24.0 Å². The SMILES string of the molecule is CCCS(=O)(=O)N1CCN(C2(CNC(=O)c3ccccc3Cl)CCC(F)(F)CC2)CC1.Cl. The summed E-state index contributed by atoms with van der Waals surface area (Å²) in [6.45, 7) is 3.62. The molecule has 0 unspecified atom stereocenters. The van der Waals surface area contributed by atoms with Crippen molar-refractivity contribution in [2.75, 3.05) is 38.5 Å². The van der Waals surface area contributed by atoms with E-state index in [0.29, 0.717) is 43.2 Å². The second-order valence-electron chi connectivity index (χ2n) is 8.44. The van der Waals surface area contributed by atoms with Gasteiger partial charge in [-0.15, -0.1) is 12.4 Å². The van der Waals surface area contributed by atoms with E-state index in [0.717, 1.165) is 0 Å². The molecule has 1 aliphatic carbocycles. The molecule has 1 saturated carbocycles. The van der Waals surface area contributed by atoms with Crippen molar-refractivity contribution in [3.05, 3.63) is 34.9 Å². The Kier molecular flexibility index (Phi) is 9.32. The Bertz CT molecular complexity index is 884. The molecule has 0 atom stereocenters. The molecule has 182 valence electrons. The topological polar surface area (TPSA) is 69.7 Å². The first-order valence-corrected chi connectivity index (χ1v) is 12.7. The van der Waals surface area contributed by atoms with Gasteiger partial charge in [0.25, 0.3) is 5.91 Å². The molecule has 1 saturated heterocycles. The summed E-state index contributed by atoms with van der Waals surface area (Å²) in [6.07, 6.45) is 0.539. The lowest BCUT2D eigenvalue weighted by Crippen LogP contribution is -2.63. The zero-order valence-corrected chi connectivity index (χ0v) is 20.5. The number of alkyl halides is 2. The van der Waals surface area contributed by atoms with Crippen LogP contribution < -0.4 is 5.32 Å². The number of carbonyl (C=O) groups is 1. The van der Waals surface area contributed by atoms with Gasteiger partial charge in [-0.2, -0.15) is 4.31 Å². The molecule has 11 heteroatoms. The molecule has 1 heterocycles. The molecule has 0 aromatic heterocycles. The fraction of sp³-hybridized carbons (Fsp3) is 0.667. The van der Waals surface area contributed by atoms with E-state index in [4.69, 9.17) is 11.6 Å². The number of hydrogen-bond acceptors (Lipinski definition) is 4. The molecular weight excluding hydrogens is 483 g/mol. The highest BCUT2D eigenvalue weighted by Gasteiger charge is 2.47. The number of nitrogens with one attached hydrogen (secondary N) is 1. The molecular formula is C21H31Cl2F2N3O3S. The molecule has 2 aliphatic rings. The van der Waals surface area contributed by atoms with Gasteiger partial charge in [-0.25, -0.2) is 17.2 Å². The lowest BCUT2D eigenvalue weighted by molar-refractivity contribution is -0.0856. The first-order valence-electron chi connectivity index (χ1n) is 10.7. The van der Waals surface area contributed by atoms with Crippen molar-refractivity contribution in [3.63, 3.8) is 0 Å². The van der Waals surface area contributed by atoms with E-state index in [1.54, 1.807) is 24.3 Å². The monoisotopic (exact) mass is 513 g/mol. The van der Waals surface area contributed by atoms with Crippen LogP contribution in [0.5, 0.6) is 0 Å². The number of amides is 1. The molecule has 1 amide bonds. The van der Waals surface area contributed by atoms with Gasteiger partial charge in [0.15, 0.2) is 0 Å². The largest absolute Gasteiger partial charge is 0.350 e. The summed E-state index contributed by atoms with van der Waals surface area (Å²) in [6, 6.07) is 6.70. The van der Waals surface area contributed by atoms with Gasteiger partial charge in [-0.3, -0.25) is 9.69 Å². The van der Waals surface area contributed by atoms with Crippen molar-refractivity contribution in [2.45, 2.75) is 50.5 Å². The summed E-state index contributed by atoms with van der Waals surface area (Å²) in [7, 11) is -3.29. The van der Waals surface area contributed by atoms with Gasteiger partial charge in [-0.05, 0) is 31.4 Å². The quantitative estimate of drug-likeness (QED) is 0.601. The average molecular weight is 514 g/mol. The number of benzene rings is 1. The van der Waals surface area contributed by atoms with Crippen molar-refractivity contribution in [1.82, 2.24) is 14.5 Å². The Morgan fingerprint density at radius 3 is 2.25 bits per heavy atom. The zero-order chi connectivity index (χ0) is 22.7. The van der Waals surface area contributed by atoms with Gasteiger partial charge in [0.2, 0.25) is 15.9 Å². The van der Waals surface area contributed by atoms with E-state index < -0.39 is 21.5 Å². The number of sulfonamides is 1. The first-order chi connectivity index (χ1) is 14.6. The van der Waals surface area contributed by atoms with Crippen LogP contribution in [0.1, 0.15) is 49.4 Å². The van der Waals surface area contributed by atoms with Crippen molar-refractivity contribution >= 4 is 39.9 Å². The van der Waals surface area contributed by atoms with E-state index in [9.17, 15) is 22.0 Å². The maximum Gasteiger partial charge on any atom is 0.252 e. The fourth-order valence-electron chi connectivity index (χ4n) is 4.50. The summed E-state index contributed by atoms with van der Waals surface area (Å²) in [5, 5.41) is 3.23. The average Bonchev–Trinajstić information content (AvgIpc) is 2.73. The lowest BCUT2D eigenvalue weighted by atomic mass is 9.78. The minimum atomic E-state index is -3.29. The van der Waals surface area contributed by atoms with Crippen molar-refractivity contribution in [2.24, 2.45) is 0 Å². The molecule has 0 radical (unpaired) electrons. The van der Waals surface area contributed by atoms with E-state index in [1.165, 1.54) is 4.31 Å². The summed E-state index contributed by atoms with van der Waals surface area (Å²) >= 11 is 6.11. The van der Waals surface area contributed by atoms with E-state index in [1.807, 2.05) is 6.92 Å². The second kappa shape index (κ2) is 11.0. The molecule has 2 fully saturated rings. The minimum absolute atomic E-state index is 0. The Labute approximate surface area is 200 Å². The third kappa shape index (κ3) is 6.32. The second-order valence-corrected chi connectivity index (χ2v) is 10.9. The highest BCUT2D eigenvalue weighted by atomic mass is 35.5. The third-order valence-corrected chi connectivity index (χ3v) is 8.78. The maximum atomic E-state index is 13.9. The number of halogens is 4. The van der Waals surface area contributed by atoms with Crippen LogP contribution in [0.2, 0.25) is 5.02 Å². The van der Waals surface area contributed by atoms with Crippen LogP contribution in [0.15, 0.2) is 24.3 Å². The maximum absolute atomic E-state index is 13.9. The summed E-state index contributed by atoms with van der Waals surface area (Å²) in [4.78, 5) is 14.8. The number of rotatable bonds is 7. The van der Waals surface area contributed by atoms with Gasteiger partial charge in [0.1, 0.15) is 0 Å². The van der Waals surface area contributed by atoms with Crippen molar-refractivity contribution in [3.8, 4) is 0 Å². The number of piperazine rings is 1. The summed E-state index contributed by atoms with van der Waals surface area (Å²) < 4.78 is 54.1. The number of hydrogen-bond donors (Lipinski definition) is 1. The molecule has 1 aromatic carbocycles. The van der Waals surface area contributed by atoms with Crippen LogP contribution in [0.3, 0.4) is 0 Å². The summed E-state index contributed by atoms with van der Waals surface area (Å²) in [5.74, 6) is -2.94. The van der Waals surface area contributed by atoms with Crippen LogP contribution in [0.4, 0.5) is 8.78 Å². The Morgan fingerprint density at radius 1 is 1.09 bits per heavy atom. The van der Waals surface area contributed by atoms with Gasteiger partial charge in [-0.1, -0.05) is 30.7 Å². The fourth-order valence-corrected chi connectivity index (χ4v) is 6.21. The normalized spacial score (nSPS) is 21.5. The van der Waals surface area contributed by atoms with Crippen LogP contribution in [0, 0.1) is 0 Å². The summed E-state index contributed by atoms with van der Waals surface area (Å²) in [5.41, 5.74) is -0.282. The molecule has 1 aromatic rings. The highest BCUT2D eigenvalue weighted by Crippen LogP contribution is 2.42. The van der Waals surface area contributed by atoms with Gasteiger partial charge >= 0.3 is 0 Å². The van der Waals surface area contributed by atoms with Crippen LogP contribution in [-0.4, -0.2) is 73.5 Å². The molecule has 0 spiro atoms. The van der Waals surface area contributed by atoms with Gasteiger partial charge < -0.3 is 5.32 Å².